The zero-order valence-corrected chi connectivity index (χ0v) is 21.3. The molecule has 1 fully saturated rings. The van der Waals surface area contributed by atoms with Gasteiger partial charge in [-0.1, -0.05) is 74.3 Å². The van der Waals surface area contributed by atoms with Crippen LogP contribution in [0.25, 0.3) is 0 Å². The molecular formula is C29H40ClNO2. The van der Waals surface area contributed by atoms with E-state index in [1.807, 2.05) is 19.1 Å². The van der Waals surface area contributed by atoms with Gasteiger partial charge in [0.15, 0.2) is 0 Å². The number of carbonyl (C=O) groups is 1. The Labute approximate surface area is 205 Å². The normalized spacial score (nSPS) is 15.9. The highest BCUT2D eigenvalue weighted by molar-refractivity contribution is 6.30. The summed E-state index contributed by atoms with van der Waals surface area (Å²) in [4.78, 5) is 14.5. The number of benzene rings is 2. The largest absolute Gasteiger partial charge is 0.466 e. The summed E-state index contributed by atoms with van der Waals surface area (Å²) in [6, 6.07) is 19.8. The van der Waals surface area contributed by atoms with Crippen molar-refractivity contribution < 1.29 is 9.53 Å². The summed E-state index contributed by atoms with van der Waals surface area (Å²) in [6.07, 6.45) is 7.25. The number of hydrogen-bond donors (Lipinski definition) is 0. The van der Waals surface area contributed by atoms with Crippen molar-refractivity contribution in [2.45, 2.75) is 83.7 Å². The van der Waals surface area contributed by atoms with Gasteiger partial charge in [0.1, 0.15) is 0 Å². The van der Waals surface area contributed by atoms with E-state index in [9.17, 15) is 4.79 Å². The minimum absolute atomic E-state index is 0.0810. The van der Waals surface area contributed by atoms with Crippen molar-refractivity contribution in [1.29, 1.82) is 0 Å². The number of unbranched alkanes of at least 4 members (excludes halogenated alkanes) is 1. The van der Waals surface area contributed by atoms with E-state index in [-0.39, 0.29) is 11.4 Å². The first-order valence-corrected chi connectivity index (χ1v) is 13.0. The summed E-state index contributed by atoms with van der Waals surface area (Å²) in [7, 11) is 0. The molecule has 0 amide bonds. The van der Waals surface area contributed by atoms with E-state index in [1.54, 1.807) is 0 Å². The highest BCUT2D eigenvalue weighted by atomic mass is 35.5. The van der Waals surface area contributed by atoms with Gasteiger partial charge in [0.2, 0.25) is 0 Å². The number of rotatable bonds is 13. The van der Waals surface area contributed by atoms with E-state index >= 15 is 0 Å². The average Bonchev–Trinajstić information content (AvgIpc) is 2.76. The van der Waals surface area contributed by atoms with Gasteiger partial charge >= 0.3 is 5.97 Å². The Morgan fingerprint density at radius 3 is 2.33 bits per heavy atom. The maximum atomic E-state index is 11.8. The number of nitrogens with zero attached hydrogens (tertiary/aromatic N) is 1. The Balaban J connectivity index is 1.85. The van der Waals surface area contributed by atoms with Crippen molar-refractivity contribution in [2.75, 3.05) is 13.2 Å². The molecule has 0 aliphatic heterocycles. The van der Waals surface area contributed by atoms with Gasteiger partial charge in [-0.15, -0.1) is 0 Å². The van der Waals surface area contributed by atoms with Crippen molar-refractivity contribution in [2.24, 2.45) is 5.92 Å². The Morgan fingerprint density at radius 2 is 1.76 bits per heavy atom. The first-order valence-electron chi connectivity index (χ1n) is 12.6. The zero-order valence-electron chi connectivity index (χ0n) is 20.6. The minimum atomic E-state index is -0.0810. The van der Waals surface area contributed by atoms with Gasteiger partial charge in [0, 0.05) is 29.4 Å². The lowest BCUT2D eigenvalue weighted by molar-refractivity contribution is -0.143. The Hall–Kier alpha value is -1.84. The number of hydrogen-bond acceptors (Lipinski definition) is 3. The Morgan fingerprint density at radius 1 is 1.06 bits per heavy atom. The van der Waals surface area contributed by atoms with Crippen molar-refractivity contribution in [1.82, 2.24) is 4.90 Å². The highest BCUT2D eigenvalue weighted by Gasteiger charge is 2.47. The maximum Gasteiger partial charge on any atom is 0.305 e. The lowest BCUT2D eigenvalue weighted by atomic mass is 9.58. The van der Waals surface area contributed by atoms with Gasteiger partial charge in [-0.05, 0) is 74.8 Å². The Kier molecular flexibility index (Phi) is 9.82. The third kappa shape index (κ3) is 7.07. The summed E-state index contributed by atoms with van der Waals surface area (Å²) in [6.45, 7) is 8.92. The summed E-state index contributed by atoms with van der Waals surface area (Å²) in [5, 5.41) is 0.800. The number of halogens is 1. The molecule has 0 spiro atoms. The maximum absolute atomic E-state index is 11.8. The van der Waals surface area contributed by atoms with Crippen molar-refractivity contribution in [3.8, 4) is 0 Å². The molecule has 33 heavy (non-hydrogen) atoms. The van der Waals surface area contributed by atoms with Crippen LogP contribution >= 0.6 is 11.6 Å². The molecule has 1 aliphatic carbocycles. The molecule has 1 atom stereocenters. The van der Waals surface area contributed by atoms with Gasteiger partial charge in [-0.2, -0.15) is 0 Å². The average molecular weight is 470 g/mol. The van der Waals surface area contributed by atoms with Gasteiger partial charge in [0.05, 0.1) is 6.61 Å². The molecule has 1 aliphatic rings. The van der Waals surface area contributed by atoms with E-state index in [4.69, 9.17) is 16.3 Å². The molecule has 2 aromatic carbocycles. The third-order valence-electron chi connectivity index (χ3n) is 7.05. The van der Waals surface area contributed by atoms with Crippen molar-refractivity contribution in [3.63, 3.8) is 0 Å². The van der Waals surface area contributed by atoms with Gasteiger partial charge in [0.25, 0.3) is 0 Å². The van der Waals surface area contributed by atoms with Gasteiger partial charge < -0.3 is 4.74 Å². The second-order valence-corrected chi connectivity index (χ2v) is 10.3. The SMILES string of the molecule is CCOC(=O)CCCCN(Cc1ccccc1)C(CC(C)C)C1(c2ccc(Cl)cc2)CCC1. The minimum Gasteiger partial charge on any atom is -0.466 e. The monoisotopic (exact) mass is 469 g/mol. The Bertz CT molecular complexity index is 846. The molecule has 1 saturated carbocycles. The van der Waals surface area contributed by atoms with Gasteiger partial charge in [-0.25, -0.2) is 0 Å². The van der Waals surface area contributed by atoms with Crippen LogP contribution in [-0.4, -0.2) is 30.1 Å². The molecule has 2 aromatic rings. The molecule has 0 bridgehead atoms. The highest BCUT2D eigenvalue weighted by Crippen LogP contribution is 2.50. The molecule has 0 N–H and O–H groups in total. The second-order valence-electron chi connectivity index (χ2n) is 9.88. The number of esters is 1. The van der Waals surface area contributed by atoms with E-state index in [1.165, 1.54) is 30.4 Å². The fourth-order valence-electron chi connectivity index (χ4n) is 5.30. The van der Waals surface area contributed by atoms with E-state index in [0.717, 1.165) is 37.4 Å². The fraction of sp³-hybridized carbons (Fsp3) is 0.552. The summed E-state index contributed by atoms with van der Waals surface area (Å²) in [5.74, 6) is 0.528. The van der Waals surface area contributed by atoms with Crippen LogP contribution in [0.15, 0.2) is 54.6 Å². The molecular weight excluding hydrogens is 430 g/mol. The topological polar surface area (TPSA) is 29.5 Å². The summed E-state index contributed by atoms with van der Waals surface area (Å²) in [5.41, 5.74) is 2.95. The van der Waals surface area contributed by atoms with Crippen molar-refractivity contribution in [3.05, 3.63) is 70.7 Å². The fourth-order valence-corrected chi connectivity index (χ4v) is 5.43. The van der Waals surface area contributed by atoms with Crippen LogP contribution in [0.4, 0.5) is 0 Å². The smallest absolute Gasteiger partial charge is 0.305 e. The van der Waals surface area contributed by atoms with Crippen LogP contribution in [0.5, 0.6) is 0 Å². The molecule has 1 unspecified atom stereocenters. The molecule has 0 saturated heterocycles. The van der Waals surface area contributed by atoms with Crippen LogP contribution in [-0.2, 0) is 21.5 Å². The molecule has 4 heteroatoms. The zero-order chi connectivity index (χ0) is 23.7. The lowest BCUT2D eigenvalue weighted by Crippen LogP contribution is -2.55. The number of ether oxygens (including phenoxy) is 1. The van der Waals surface area contributed by atoms with Crippen LogP contribution in [0.3, 0.4) is 0 Å². The predicted molar refractivity (Wildman–Crippen MR) is 138 cm³/mol. The molecule has 3 rings (SSSR count). The second kappa shape index (κ2) is 12.6. The van der Waals surface area contributed by atoms with Crippen LogP contribution in [0.2, 0.25) is 5.02 Å². The van der Waals surface area contributed by atoms with Gasteiger partial charge in [-0.3, -0.25) is 9.69 Å². The number of carbonyl (C=O) groups excluding carboxylic acids is 1. The molecule has 0 radical (unpaired) electrons. The van der Waals surface area contributed by atoms with Crippen LogP contribution in [0.1, 0.15) is 76.8 Å². The van der Waals surface area contributed by atoms with E-state index in [0.29, 0.717) is 25.0 Å². The summed E-state index contributed by atoms with van der Waals surface area (Å²) >= 11 is 6.24. The first-order chi connectivity index (χ1) is 15.9. The van der Waals surface area contributed by atoms with Crippen LogP contribution in [0, 0.1) is 5.92 Å². The quantitative estimate of drug-likeness (QED) is 0.226. The predicted octanol–water partition coefficient (Wildman–Crippen LogP) is 7.41. The van der Waals surface area contributed by atoms with Crippen molar-refractivity contribution >= 4 is 17.6 Å². The third-order valence-corrected chi connectivity index (χ3v) is 7.30. The van der Waals surface area contributed by atoms with E-state index in [2.05, 4.69) is 61.2 Å². The van der Waals surface area contributed by atoms with E-state index < -0.39 is 0 Å². The standard InChI is InChI=1S/C29H40ClNO2/c1-4-33-28(32)13-8-9-20-31(22-24-11-6-5-7-12-24)27(21-23(2)3)29(18-10-19-29)25-14-16-26(30)17-15-25/h5-7,11-12,14-17,23,27H,4,8-10,13,18-22H2,1-3H3. The molecule has 0 heterocycles. The lowest BCUT2D eigenvalue weighted by Gasteiger charge is -2.53. The van der Waals surface area contributed by atoms with Crippen LogP contribution < -0.4 is 0 Å². The molecule has 3 nitrogen and oxygen atoms in total. The first kappa shape index (κ1) is 25.8. The summed E-state index contributed by atoms with van der Waals surface area (Å²) < 4.78 is 5.13. The molecule has 0 aromatic heterocycles. The molecule has 180 valence electrons.